The number of benzene rings is 2. The average Bonchev–Trinajstić information content (AvgIpc) is 3.44. The van der Waals surface area contributed by atoms with Crippen LogP contribution in [0.25, 0.3) is 10.6 Å². The highest BCUT2D eigenvalue weighted by molar-refractivity contribution is 7.15. The second-order valence-electron chi connectivity index (χ2n) is 8.61. The molecule has 0 spiro atoms. The summed E-state index contributed by atoms with van der Waals surface area (Å²) in [6, 6.07) is 16.3. The second-order valence-corrected chi connectivity index (χ2v) is 9.73. The molecule has 0 fully saturated rings. The lowest BCUT2D eigenvalue weighted by atomic mass is 10.1. The lowest BCUT2D eigenvalue weighted by Crippen LogP contribution is -2.28. The molecule has 35 heavy (non-hydrogen) atoms. The van der Waals surface area contributed by atoms with Crippen LogP contribution in [0.2, 0.25) is 0 Å². The number of carbonyl (C=O) groups excluding carboxylic acids is 1. The van der Waals surface area contributed by atoms with Gasteiger partial charge in [0.05, 0.1) is 6.42 Å². The first kappa shape index (κ1) is 23.3. The first-order valence-electron chi connectivity index (χ1n) is 11.8. The molecular formula is C26H27FN6OS. The summed E-state index contributed by atoms with van der Waals surface area (Å²) in [6.45, 7) is 4.02. The van der Waals surface area contributed by atoms with E-state index in [0.717, 1.165) is 60.4 Å². The van der Waals surface area contributed by atoms with E-state index in [0.29, 0.717) is 13.0 Å². The second kappa shape index (κ2) is 10.9. The van der Waals surface area contributed by atoms with Crippen molar-refractivity contribution >= 4 is 17.2 Å². The maximum atomic E-state index is 13.0. The molecule has 3 heterocycles. The number of amides is 1. The molecule has 1 aliphatic rings. The van der Waals surface area contributed by atoms with E-state index in [1.54, 1.807) is 23.5 Å². The number of carbonyl (C=O) groups is 1. The molecule has 0 saturated carbocycles. The summed E-state index contributed by atoms with van der Waals surface area (Å²) in [6.07, 6.45) is 3.68. The van der Waals surface area contributed by atoms with Crippen molar-refractivity contribution in [2.75, 3.05) is 19.6 Å². The van der Waals surface area contributed by atoms with Crippen molar-refractivity contribution in [2.45, 2.75) is 32.4 Å². The summed E-state index contributed by atoms with van der Waals surface area (Å²) in [5.74, 6) is 1.50. The van der Waals surface area contributed by atoms with Crippen molar-refractivity contribution in [3.8, 4) is 10.6 Å². The Balaban J connectivity index is 1.12. The SMILES string of the molecule is O=C(Cc1ccc(F)cc1)NCCc1nnc2n1CCN(Cc1cnc(-c3ccccc3)s1)CC2. The highest BCUT2D eigenvalue weighted by Crippen LogP contribution is 2.26. The monoisotopic (exact) mass is 490 g/mol. The average molecular weight is 491 g/mol. The minimum absolute atomic E-state index is 0.0854. The number of nitrogens with zero attached hydrogens (tertiary/aromatic N) is 5. The van der Waals surface area contributed by atoms with Gasteiger partial charge in [-0.25, -0.2) is 9.37 Å². The molecule has 1 N–H and O–H groups in total. The van der Waals surface area contributed by atoms with E-state index >= 15 is 0 Å². The van der Waals surface area contributed by atoms with Gasteiger partial charge in [-0.2, -0.15) is 0 Å². The van der Waals surface area contributed by atoms with Crippen LogP contribution >= 0.6 is 11.3 Å². The quantitative estimate of drug-likeness (QED) is 0.409. The Hall–Kier alpha value is -3.43. The van der Waals surface area contributed by atoms with E-state index < -0.39 is 0 Å². The molecule has 0 saturated heterocycles. The van der Waals surface area contributed by atoms with Crippen LogP contribution in [0.3, 0.4) is 0 Å². The van der Waals surface area contributed by atoms with Gasteiger partial charge in [0.15, 0.2) is 0 Å². The van der Waals surface area contributed by atoms with Gasteiger partial charge in [0, 0.05) is 62.2 Å². The van der Waals surface area contributed by atoms with Crippen molar-refractivity contribution in [3.05, 3.63) is 88.7 Å². The molecule has 1 amide bonds. The third-order valence-electron chi connectivity index (χ3n) is 6.10. The Morgan fingerprint density at radius 3 is 2.69 bits per heavy atom. The largest absolute Gasteiger partial charge is 0.355 e. The molecular weight excluding hydrogens is 463 g/mol. The van der Waals surface area contributed by atoms with Crippen LogP contribution in [0.1, 0.15) is 22.1 Å². The summed E-state index contributed by atoms with van der Waals surface area (Å²) in [7, 11) is 0. The molecule has 0 unspecified atom stereocenters. The van der Waals surface area contributed by atoms with E-state index in [1.165, 1.54) is 17.0 Å². The minimum atomic E-state index is -0.302. The van der Waals surface area contributed by atoms with Gasteiger partial charge in [0.1, 0.15) is 22.5 Å². The van der Waals surface area contributed by atoms with Gasteiger partial charge in [-0.15, -0.1) is 21.5 Å². The van der Waals surface area contributed by atoms with Crippen molar-refractivity contribution in [2.24, 2.45) is 0 Å². The standard InChI is InChI=1S/C26H27FN6OS/c27-21-8-6-19(7-9-21)16-25(34)28-12-10-23-30-31-24-11-13-32(14-15-33(23)24)18-22-17-29-26(35-22)20-4-2-1-3-5-20/h1-9,17H,10-16,18H2,(H,28,34). The van der Waals surface area contributed by atoms with E-state index in [9.17, 15) is 9.18 Å². The van der Waals surface area contributed by atoms with Crippen LogP contribution < -0.4 is 5.32 Å². The normalized spacial score (nSPS) is 13.9. The number of hydrogen-bond donors (Lipinski definition) is 1. The molecule has 9 heteroatoms. The molecule has 2 aromatic carbocycles. The number of fused-ring (bicyclic) bond motifs is 1. The summed E-state index contributed by atoms with van der Waals surface area (Å²) in [4.78, 5) is 20.5. The zero-order valence-corrected chi connectivity index (χ0v) is 20.2. The fourth-order valence-corrected chi connectivity index (χ4v) is 5.21. The topological polar surface area (TPSA) is 75.9 Å². The van der Waals surface area contributed by atoms with Crippen LogP contribution in [0.15, 0.2) is 60.8 Å². The number of hydrogen-bond acceptors (Lipinski definition) is 6. The Labute approximate surface area is 207 Å². The molecule has 4 aromatic rings. The molecule has 0 atom stereocenters. The predicted octanol–water partition coefficient (Wildman–Crippen LogP) is 3.50. The van der Waals surface area contributed by atoms with Gasteiger partial charge in [0.2, 0.25) is 5.91 Å². The molecule has 0 bridgehead atoms. The van der Waals surface area contributed by atoms with E-state index in [4.69, 9.17) is 0 Å². The molecule has 5 rings (SSSR count). The zero-order valence-electron chi connectivity index (χ0n) is 19.4. The highest BCUT2D eigenvalue weighted by Gasteiger charge is 2.19. The van der Waals surface area contributed by atoms with Crippen molar-refractivity contribution < 1.29 is 9.18 Å². The Kier molecular flexibility index (Phi) is 7.25. The van der Waals surface area contributed by atoms with Gasteiger partial charge < -0.3 is 9.88 Å². The van der Waals surface area contributed by atoms with Gasteiger partial charge >= 0.3 is 0 Å². The predicted molar refractivity (Wildman–Crippen MR) is 133 cm³/mol. The molecule has 7 nitrogen and oxygen atoms in total. The molecule has 1 aliphatic heterocycles. The van der Waals surface area contributed by atoms with Crippen molar-refractivity contribution in [3.63, 3.8) is 0 Å². The first-order chi connectivity index (χ1) is 17.1. The Morgan fingerprint density at radius 1 is 1.03 bits per heavy atom. The van der Waals surface area contributed by atoms with Gasteiger partial charge in [0.25, 0.3) is 0 Å². The van der Waals surface area contributed by atoms with Crippen LogP contribution in [0.4, 0.5) is 4.39 Å². The van der Waals surface area contributed by atoms with E-state index in [1.807, 2.05) is 24.4 Å². The Bertz CT molecular complexity index is 1270. The molecule has 2 aromatic heterocycles. The van der Waals surface area contributed by atoms with Crippen molar-refractivity contribution in [1.82, 2.24) is 30.0 Å². The highest BCUT2D eigenvalue weighted by atomic mass is 32.1. The number of halogens is 1. The molecule has 180 valence electrons. The summed E-state index contributed by atoms with van der Waals surface area (Å²) >= 11 is 1.74. The third-order valence-corrected chi connectivity index (χ3v) is 7.13. The van der Waals surface area contributed by atoms with Crippen LogP contribution in [0.5, 0.6) is 0 Å². The van der Waals surface area contributed by atoms with Gasteiger partial charge in [-0.3, -0.25) is 9.69 Å². The van der Waals surface area contributed by atoms with Crippen LogP contribution in [0, 0.1) is 5.82 Å². The van der Waals surface area contributed by atoms with Crippen LogP contribution in [-0.2, 0) is 37.1 Å². The fourth-order valence-electron chi connectivity index (χ4n) is 4.25. The first-order valence-corrected chi connectivity index (χ1v) is 12.6. The summed E-state index contributed by atoms with van der Waals surface area (Å²) < 4.78 is 15.2. The van der Waals surface area contributed by atoms with Gasteiger partial charge in [-0.05, 0) is 17.7 Å². The number of thiazole rings is 1. The zero-order chi connectivity index (χ0) is 24.0. The number of rotatable bonds is 8. The molecule has 0 aliphatic carbocycles. The van der Waals surface area contributed by atoms with E-state index in [2.05, 4.69) is 42.1 Å². The Morgan fingerprint density at radius 2 is 1.86 bits per heavy atom. The minimum Gasteiger partial charge on any atom is -0.355 e. The third kappa shape index (κ3) is 5.98. The summed E-state index contributed by atoms with van der Waals surface area (Å²) in [5, 5.41) is 12.8. The maximum Gasteiger partial charge on any atom is 0.224 e. The molecule has 0 radical (unpaired) electrons. The van der Waals surface area contributed by atoms with Crippen molar-refractivity contribution in [1.29, 1.82) is 0 Å². The summed E-state index contributed by atoms with van der Waals surface area (Å²) in [5.41, 5.74) is 1.94. The number of nitrogens with one attached hydrogen (secondary N) is 1. The fraction of sp³-hybridized carbons (Fsp3) is 0.308. The maximum absolute atomic E-state index is 13.0. The van der Waals surface area contributed by atoms with E-state index in [-0.39, 0.29) is 18.1 Å². The lowest BCUT2D eigenvalue weighted by molar-refractivity contribution is -0.120. The van der Waals surface area contributed by atoms with Crippen LogP contribution in [-0.4, -0.2) is 50.2 Å². The van der Waals surface area contributed by atoms with Gasteiger partial charge in [-0.1, -0.05) is 42.5 Å². The smallest absolute Gasteiger partial charge is 0.224 e. The number of aromatic nitrogens is 4. The lowest BCUT2D eigenvalue weighted by Gasteiger charge is -2.18.